The van der Waals surface area contributed by atoms with Crippen molar-refractivity contribution in [1.29, 1.82) is 0 Å². The molecule has 1 aromatic carbocycles. The van der Waals surface area contributed by atoms with Crippen LogP contribution in [0.5, 0.6) is 0 Å². The van der Waals surface area contributed by atoms with Crippen LogP contribution in [0.1, 0.15) is 27.4 Å². The largest absolute Gasteiger partial charge is 0.366 e. The number of halogens is 1. The van der Waals surface area contributed by atoms with E-state index >= 15 is 0 Å². The summed E-state index contributed by atoms with van der Waals surface area (Å²) in [4.78, 5) is 26.2. The number of hydrogen-bond donors (Lipinski definition) is 1. The number of thiophene rings is 1. The number of piperidine rings is 1. The lowest BCUT2D eigenvalue weighted by molar-refractivity contribution is -0.386. The summed E-state index contributed by atoms with van der Waals surface area (Å²) in [5, 5.41) is 14.1. The zero-order valence-corrected chi connectivity index (χ0v) is 14.5. The van der Waals surface area contributed by atoms with Crippen LogP contribution in [0.25, 0.3) is 0 Å². The van der Waals surface area contributed by atoms with Gasteiger partial charge in [0.1, 0.15) is 5.69 Å². The Hall–Kier alpha value is -2.48. The number of anilines is 1. The molecule has 3 rings (SSSR count). The van der Waals surface area contributed by atoms with Gasteiger partial charge >= 0.3 is 5.69 Å². The van der Waals surface area contributed by atoms with Crippen molar-refractivity contribution in [1.82, 2.24) is 5.32 Å². The average molecular weight is 363 g/mol. The van der Waals surface area contributed by atoms with Gasteiger partial charge in [-0.3, -0.25) is 14.9 Å². The topological polar surface area (TPSA) is 75.5 Å². The Morgan fingerprint density at radius 2 is 2.04 bits per heavy atom. The minimum atomic E-state index is -0.828. The molecule has 0 aliphatic carbocycles. The highest BCUT2D eigenvalue weighted by atomic mass is 32.1. The highest BCUT2D eigenvalue weighted by Gasteiger charge is 2.28. The molecule has 1 saturated heterocycles. The molecule has 1 N–H and O–H groups in total. The molecule has 132 valence electrons. The SMILES string of the molecule is Cc1ccc(C(=O)NC2CCN(c3cccc(F)c3[N+](=O)[O-])CC2)s1. The highest BCUT2D eigenvalue weighted by molar-refractivity contribution is 7.13. The summed E-state index contributed by atoms with van der Waals surface area (Å²) in [6.07, 6.45) is 1.31. The number of nitrogens with zero attached hydrogens (tertiary/aromatic N) is 2. The Morgan fingerprint density at radius 1 is 1.32 bits per heavy atom. The first-order valence-electron chi connectivity index (χ1n) is 8.01. The normalized spacial score (nSPS) is 15.2. The first kappa shape index (κ1) is 17.3. The summed E-state index contributed by atoms with van der Waals surface area (Å²) < 4.78 is 13.8. The van der Waals surface area contributed by atoms with Crippen LogP contribution in [-0.2, 0) is 0 Å². The number of nitro groups is 1. The lowest BCUT2D eigenvalue weighted by Gasteiger charge is -2.33. The first-order chi connectivity index (χ1) is 12.0. The predicted octanol–water partition coefficient (Wildman–Crippen LogP) is 3.50. The highest BCUT2D eigenvalue weighted by Crippen LogP contribution is 2.32. The Kier molecular flexibility index (Phi) is 4.98. The zero-order chi connectivity index (χ0) is 18.0. The minimum absolute atomic E-state index is 0.0128. The number of aryl methyl sites for hydroxylation is 1. The molecule has 2 heterocycles. The van der Waals surface area contributed by atoms with Gasteiger partial charge in [-0.05, 0) is 44.0 Å². The molecule has 25 heavy (non-hydrogen) atoms. The van der Waals surface area contributed by atoms with Crippen molar-refractivity contribution < 1.29 is 14.1 Å². The van der Waals surface area contributed by atoms with E-state index in [-0.39, 0.29) is 11.9 Å². The van der Waals surface area contributed by atoms with E-state index < -0.39 is 16.4 Å². The van der Waals surface area contributed by atoms with Gasteiger partial charge in [-0.15, -0.1) is 11.3 Å². The van der Waals surface area contributed by atoms with Gasteiger partial charge in [0.15, 0.2) is 0 Å². The molecule has 0 bridgehead atoms. The zero-order valence-electron chi connectivity index (χ0n) is 13.7. The number of hydrogen-bond acceptors (Lipinski definition) is 5. The van der Waals surface area contributed by atoms with Crippen LogP contribution in [0.15, 0.2) is 30.3 Å². The molecule has 0 spiro atoms. The fourth-order valence-corrected chi connectivity index (χ4v) is 3.79. The van der Waals surface area contributed by atoms with Crippen LogP contribution in [0.3, 0.4) is 0 Å². The second-order valence-electron chi connectivity index (χ2n) is 6.01. The van der Waals surface area contributed by atoms with Crippen LogP contribution in [0.2, 0.25) is 0 Å². The van der Waals surface area contributed by atoms with Crippen molar-refractivity contribution >= 4 is 28.6 Å². The average Bonchev–Trinajstić information content (AvgIpc) is 3.01. The Morgan fingerprint density at radius 3 is 2.64 bits per heavy atom. The maximum atomic E-state index is 13.8. The Labute approximate surface area is 148 Å². The van der Waals surface area contributed by atoms with Crippen molar-refractivity contribution in [2.75, 3.05) is 18.0 Å². The lowest BCUT2D eigenvalue weighted by atomic mass is 10.0. The molecule has 0 saturated carbocycles. The second-order valence-corrected chi connectivity index (χ2v) is 7.30. The minimum Gasteiger partial charge on any atom is -0.366 e. The lowest BCUT2D eigenvalue weighted by Crippen LogP contribution is -2.44. The Balaban J connectivity index is 1.64. The van der Waals surface area contributed by atoms with Gasteiger partial charge in [0, 0.05) is 24.0 Å². The summed E-state index contributed by atoms with van der Waals surface area (Å²) in [7, 11) is 0. The standard InChI is InChI=1S/C17H18FN3O3S/c1-11-5-6-15(25-11)17(22)19-12-7-9-20(10-8-12)14-4-2-3-13(18)16(14)21(23)24/h2-6,12H,7-10H2,1H3,(H,19,22). The summed E-state index contributed by atoms with van der Waals surface area (Å²) in [6.45, 7) is 3.00. The van der Waals surface area contributed by atoms with Gasteiger partial charge in [0.25, 0.3) is 5.91 Å². The van der Waals surface area contributed by atoms with Gasteiger partial charge in [-0.2, -0.15) is 4.39 Å². The van der Waals surface area contributed by atoms with E-state index in [1.54, 1.807) is 17.0 Å². The maximum Gasteiger partial charge on any atom is 0.327 e. The van der Waals surface area contributed by atoms with Crippen molar-refractivity contribution in [2.24, 2.45) is 0 Å². The van der Waals surface area contributed by atoms with Crippen molar-refractivity contribution in [2.45, 2.75) is 25.8 Å². The molecule has 6 nitrogen and oxygen atoms in total. The van der Waals surface area contributed by atoms with E-state index in [4.69, 9.17) is 0 Å². The number of nitrogens with one attached hydrogen (secondary N) is 1. The first-order valence-corrected chi connectivity index (χ1v) is 8.82. The van der Waals surface area contributed by atoms with Gasteiger partial charge in [0.2, 0.25) is 5.82 Å². The molecule has 0 unspecified atom stereocenters. The van der Waals surface area contributed by atoms with E-state index in [0.29, 0.717) is 36.5 Å². The molecule has 1 amide bonds. The number of carbonyl (C=O) groups is 1. The van der Waals surface area contributed by atoms with Crippen LogP contribution < -0.4 is 10.2 Å². The number of nitro benzene ring substituents is 1. The molecule has 1 aliphatic rings. The van der Waals surface area contributed by atoms with Crippen LogP contribution in [0.4, 0.5) is 15.8 Å². The van der Waals surface area contributed by atoms with E-state index in [1.807, 2.05) is 13.0 Å². The molecule has 0 atom stereocenters. The van der Waals surface area contributed by atoms with Crippen LogP contribution in [-0.4, -0.2) is 30.0 Å². The fraction of sp³-hybridized carbons (Fsp3) is 0.353. The molecule has 1 fully saturated rings. The van der Waals surface area contributed by atoms with Crippen LogP contribution in [0, 0.1) is 22.9 Å². The maximum absolute atomic E-state index is 13.8. The number of para-hydroxylation sites is 1. The third-order valence-electron chi connectivity index (χ3n) is 4.28. The Bertz CT molecular complexity index is 800. The molecular formula is C17H18FN3O3S. The predicted molar refractivity (Wildman–Crippen MR) is 94.8 cm³/mol. The third-order valence-corrected chi connectivity index (χ3v) is 5.28. The number of rotatable bonds is 4. The van der Waals surface area contributed by atoms with Crippen molar-refractivity contribution in [3.8, 4) is 0 Å². The van der Waals surface area contributed by atoms with Gasteiger partial charge in [-0.1, -0.05) is 6.07 Å². The van der Waals surface area contributed by atoms with E-state index in [1.165, 1.54) is 17.4 Å². The number of carbonyl (C=O) groups excluding carboxylic acids is 1. The monoisotopic (exact) mass is 363 g/mol. The smallest absolute Gasteiger partial charge is 0.327 e. The molecule has 1 aliphatic heterocycles. The number of amides is 1. The summed E-state index contributed by atoms with van der Waals surface area (Å²) in [5.74, 6) is -0.917. The van der Waals surface area contributed by atoms with Crippen molar-refractivity contribution in [3.63, 3.8) is 0 Å². The van der Waals surface area contributed by atoms with Gasteiger partial charge in [0.05, 0.1) is 9.80 Å². The second kappa shape index (κ2) is 7.18. The fourth-order valence-electron chi connectivity index (χ4n) is 3.02. The van der Waals surface area contributed by atoms with E-state index in [0.717, 1.165) is 10.9 Å². The summed E-state index contributed by atoms with van der Waals surface area (Å²) in [5.41, 5.74) is -0.192. The quantitative estimate of drug-likeness (QED) is 0.666. The summed E-state index contributed by atoms with van der Waals surface area (Å²) in [6, 6.07) is 7.86. The number of benzene rings is 1. The van der Waals surface area contributed by atoms with E-state index in [9.17, 15) is 19.3 Å². The third kappa shape index (κ3) is 3.79. The molecular weight excluding hydrogens is 345 g/mol. The molecule has 8 heteroatoms. The molecule has 0 radical (unpaired) electrons. The van der Waals surface area contributed by atoms with Gasteiger partial charge < -0.3 is 10.2 Å². The molecule has 1 aromatic heterocycles. The molecule has 2 aromatic rings. The van der Waals surface area contributed by atoms with Crippen LogP contribution >= 0.6 is 11.3 Å². The van der Waals surface area contributed by atoms with E-state index in [2.05, 4.69) is 5.32 Å². The summed E-state index contributed by atoms with van der Waals surface area (Å²) >= 11 is 1.45. The van der Waals surface area contributed by atoms with Crippen molar-refractivity contribution in [3.05, 3.63) is 56.0 Å². The van der Waals surface area contributed by atoms with Gasteiger partial charge in [-0.25, -0.2) is 0 Å².